The van der Waals surface area contributed by atoms with Gasteiger partial charge in [-0.2, -0.15) is 0 Å². The lowest BCUT2D eigenvalue weighted by Gasteiger charge is -2.31. The Morgan fingerprint density at radius 3 is 2.06 bits per heavy atom. The van der Waals surface area contributed by atoms with Crippen LogP contribution in [0.2, 0.25) is 0 Å². The maximum atomic E-state index is 6.36. The van der Waals surface area contributed by atoms with Crippen LogP contribution >= 0.6 is 0 Å². The summed E-state index contributed by atoms with van der Waals surface area (Å²) in [6.45, 7) is 11.1. The fraction of sp³-hybridized carbons (Fsp3) is 0.241. The summed E-state index contributed by atoms with van der Waals surface area (Å²) < 4.78 is 6.36. The van der Waals surface area contributed by atoms with Gasteiger partial charge in [-0.05, 0) is 81.1 Å². The summed E-state index contributed by atoms with van der Waals surface area (Å²) in [6.07, 6.45) is 1.50. The van der Waals surface area contributed by atoms with Crippen molar-refractivity contribution in [2.24, 2.45) is 0 Å². The van der Waals surface area contributed by atoms with Gasteiger partial charge in [0.15, 0.2) is 11.6 Å². The number of hydrogen-bond donors (Lipinski definition) is 0. The molecule has 3 aromatic carbocycles. The molecule has 34 heavy (non-hydrogen) atoms. The number of ether oxygens (including phenoxy) is 1. The van der Waals surface area contributed by atoms with Gasteiger partial charge >= 0.3 is 0 Å². The van der Waals surface area contributed by atoms with Crippen LogP contribution in [0, 0.1) is 27.7 Å². The van der Waals surface area contributed by atoms with Crippen LogP contribution < -0.4 is 9.80 Å². The first-order chi connectivity index (χ1) is 16.5. The van der Waals surface area contributed by atoms with Crippen LogP contribution in [-0.4, -0.2) is 22.9 Å². The Hall–Kier alpha value is -3.70. The first kappa shape index (κ1) is 22.1. The summed E-state index contributed by atoms with van der Waals surface area (Å²) in [5.74, 6) is 1.59. The zero-order chi connectivity index (χ0) is 23.8. The summed E-state index contributed by atoms with van der Waals surface area (Å²) in [6, 6.07) is 23.2. The number of benzene rings is 3. The molecule has 1 aromatic heterocycles. The van der Waals surface area contributed by atoms with Crippen LogP contribution in [0.1, 0.15) is 29.2 Å². The molecule has 0 amide bonds. The third-order valence-electron chi connectivity index (χ3n) is 6.21. The second kappa shape index (κ2) is 8.92. The molecule has 0 N–H and O–H groups in total. The molecule has 5 rings (SSSR count). The highest BCUT2D eigenvalue weighted by Crippen LogP contribution is 2.47. The number of aromatic nitrogens is 2. The smallest absolute Gasteiger partial charge is 0.221 e. The summed E-state index contributed by atoms with van der Waals surface area (Å²) in [5, 5.41) is 0. The van der Waals surface area contributed by atoms with Crippen molar-refractivity contribution in [1.29, 1.82) is 0 Å². The van der Waals surface area contributed by atoms with Crippen LogP contribution in [-0.2, 0) is 4.74 Å². The lowest BCUT2D eigenvalue weighted by molar-refractivity contribution is 0.0767. The quantitative estimate of drug-likeness (QED) is 0.328. The molecule has 1 aliphatic rings. The van der Waals surface area contributed by atoms with Crippen LogP contribution in [0.15, 0.2) is 72.9 Å². The Labute approximate surface area is 201 Å². The number of para-hydroxylation sites is 1. The molecular weight excluding hydrogens is 420 g/mol. The first-order valence-electron chi connectivity index (χ1n) is 11.7. The normalized spacial score (nSPS) is 15.0. The van der Waals surface area contributed by atoms with Gasteiger partial charge in [0.1, 0.15) is 0 Å². The van der Waals surface area contributed by atoms with Gasteiger partial charge in [-0.25, -0.2) is 9.97 Å². The number of rotatable bonds is 5. The summed E-state index contributed by atoms with van der Waals surface area (Å²) in [4.78, 5) is 14.5. The van der Waals surface area contributed by atoms with Crippen molar-refractivity contribution in [3.63, 3.8) is 0 Å². The summed E-state index contributed by atoms with van der Waals surface area (Å²) >= 11 is 0. The number of aryl methyl sites for hydroxylation is 4. The highest BCUT2D eigenvalue weighted by atomic mass is 16.5. The van der Waals surface area contributed by atoms with E-state index in [4.69, 9.17) is 14.7 Å². The molecule has 4 aromatic rings. The second-order valence-electron chi connectivity index (χ2n) is 8.87. The Kier molecular flexibility index (Phi) is 5.80. The molecule has 0 bridgehead atoms. The van der Waals surface area contributed by atoms with E-state index in [1.807, 2.05) is 31.3 Å². The number of anilines is 4. The van der Waals surface area contributed by atoms with Gasteiger partial charge < -0.3 is 4.74 Å². The van der Waals surface area contributed by atoms with E-state index >= 15 is 0 Å². The zero-order valence-corrected chi connectivity index (χ0v) is 20.4. The van der Waals surface area contributed by atoms with Crippen molar-refractivity contribution in [3.05, 3.63) is 95.2 Å². The van der Waals surface area contributed by atoms with Gasteiger partial charge in [-0.3, -0.25) is 9.80 Å². The Morgan fingerprint density at radius 1 is 0.765 bits per heavy atom. The molecule has 2 heterocycles. The average molecular weight is 451 g/mol. The second-order valence-corrected chi connectivity index (χ2v) is 8.87. The molecule has 0 radical (unpaired) electrons. The van der Waals surface area contributed by atoms with E-state index < -0.39 is 6.35 Å². The van der Waals surface area contributed by atoms with Gasteiger partial charge in [0.25, 0.3) is 0 Å². The molecule has 0 aliphatic carbocycles. The van der Waals surface area contributed by atoms with Crippen molar-refractivity contribution in [2.75, 3.05) is 16.4 Å². The molecule has 1 atom stereocenters. The number of nitrogens with zero attached hydrogens (tertiary/aromatic N) is 4. The zero-order valence-electron chi connectivity index (χ0n) is 20.4. The van der Waals surface area contributed by atoms with E-state index in [1.165, 1.54) is 22.3 Å². The molecule has 1 aliphatic heterocycles. The highest BCUT2D eigenvalue weighted by Gasteiger charge is 2.41. The SMILES string of the molecule is CCOC1N(c2cc(C)cc(C)c2)c2ncc(-c3c(C)cccc3C)nc2N1c1ccccc1. The van der Waals surface area contributed by atoms with E-state index in [2.05, 4.69) is 86.0 Å². The molecule has 0 fully saturated rings. The Balaban J connectivity index is 1.75. The Morgan fingerprint density at radius 2 is 1.41 bits per heavy atom. The monoisotopic (exact) mass is 450 g/mol. The first-order valence-corrected chi connectivity index (χ1v) is 11.7. The van der Waals surface area contributed by atoms with E-state index in [9.17, 15) is 0 Å². The van der Waals surface area contributed by atoms with Gasteiger partial charge in [0.05, 0.1) is 11.9 Å². The maximum absolute atomic E-state index is 6.36. The maximum Gasteiger partial charge on any atom is 0.221 e. The fourth-order valence-corrected chi connectivity index (χ4v) is 4.84. The minimum Gasteiger partial charge on any atom is -0.340 e. The van der Waals surface area contributed by atoms with E-state index in [-0.39, 0.29) is 0 Å². The van der Waals surface area contributed by atoms with Gasteiger partial charge in [-0.1, -0.05) is 42.5 Å². The van der Waals surface area contributed by atoms with Crippen LogP contribution in [0.25, 0.3) is 11.3 Å². The standard InChI is InChI=1S/C29H30N4O/c1-6-34-29-32(23-13-8-7-9-14-23)28-27(33(29)24-16-19(2)15-20(3)17-24)30-18-25(31-28)26-21(4)11-10-12-22(26)5/h7-18,29H,6H2,1-5H3. The molecule has 172 valence electrons. The molecule has 0 saturated heterocycles. The fourth-order valence-electron chi connectivity index (χ4n) is 4.84. The lowest BCUT2D eigenvalue weighted by atomic mass is 10.0. The highest BCUT2D eigenvalue weighted by molar-refractivity contribution is 5.85. The van der Waals surface area contributed by atoms with Crippen molar-refractivity contribution in [3.8, 4) is 11.3 Å². The van der Waals surface area contributed by atoms with Crippen LogP contribution in [0.4, 0.5) is 23.0 Å². The van der Waals surface area contributed by atoms with Gasteiger partial charge in [0, 0.05) is 23.5 Å². The van der Waals surface area contributed by atoms with Crippen molar-refractivity contribution >= 4 is 23.0 Å². The molecule has 0 saturated carbocycles. The summed E-state index contributed by atoms with van der Waals surface area (Å²) in [7, 11) is 0. The molecule has 5 heteroatoms. The molecule has 1 unspecified atom stereocenters. The summed E-state index contributed by atoms with van der Waals surface area (Å²) in [5.41, 5.74) is 8.83. The third-order valence-corrected chi connectivity index (χ3v) is 6.21. The van der Waals surface area contributed by atoms with Crippen LogP contribution in [0.3, 0.4) is 0 Å². The number of hydrogen-bond acceptors (Lipinski definition) is 5. The van der Waals surface area contributed by atoms with Crippen LogP contribution in [0.5, 0.6) is 0 Å². The van der Waals surface area contributed by atoms with E-state index in [0.717, 1.165) is 34.3 Å². The van der Waals surface area contributed by atoms with Crippen molar-refractivity contribution in [2.45, 2.75) is 41.0 Å². The minimum absolute atomic E-state index is 0.392. The minimum atomic E-state index is -0.392. The largest absolute Gasteiger partial charge is 0.340 e. The van der Waals surface area contributed by atoms with E-state index in [0.29, 0.717) is 6.61 Å². The average Bonchev–Trinajstić information content (AvgIpc) is 3.12. The predicted molar refractivity (Wildman–Crippen MR) is 139 cm³/mol. The van der Waals surface area contributed by atoms with Gasteiger partial charge in [-0.15, -0.1) is 0 Å². The third kappa shape index (κ3) is 3.82. The molecule has 0 spiro atoms. The van der Waals surface area contributed by atoms with Gasteiger partial charge in [0.2, 0.25) is 6.35 Å². The molecule has 5 nitrogen and oxygen atoms in total. The van der Waals surface area contributed by atoms with Crippen molar-refractivity contribution < 1.29 is 4.74 Å². The van der Waals surface area contributed by atoms with E-state index in [1.54, 1.807) is 0 Å². The number of fused-ring (bicyclic) bond motifs is 1. The Bertz CT molecular complexity index is 1300. The predicted octanol–water partition coefficient (Wildman–Crippen LogP) is 6.99. The van der Waals surface area contributed by atoms with Crippen molar-refractivity contribution in [1.82, 2.24) is 9.97 Å². The lowest BCUT2D eigenvalue weighted by Crippen LogP contribution is -2.41. The molecular formula is C29H30N4O. The topological polar surface area (TPSA) is 41.5 Å².